The average Bonchev–Trinajstić information content (AvgIpc) is 2.36. The van der Waals surface area contributed by atoms with E-state index < -0.39 is 30.0 Å². The molecule has 1 aromatic rings. The number of rotatable bonds is 2. The highest BCUT2D eigenvalue weighted by atomic mass is 19.4. The second-order valence-electron chi connectivity index (χ2n) is 4.43. The van der Waals surface area contributed by atoms with Gasteiger partial charge in [0.2, 0.25) is 0 Å². The minimum atomic E-state index is -4.99. The van der Waals surface area contributed by atoms with E-state index in [1.807, 2.05) is 0 Å². The molecule has 108 valence electrons. The topological polar surface area (TPSA) is 52.6 Å². The van der Waals surface area contributed by atoms with Crippen LogP contribution in [0.15, 0.2) is 18.2 Å². The van der Waals surface area contributed by atoms with Gasteiger partial charge >= 0.3 is 12.1 Å². The summed E-state index contributed by atoms with van der Waals surface area (Å²) in [7, 11) is 1.28. The first-order chi connectivity index (χ1) is 9.23. The van der Waals surface area contributed by atoms with Crippen molar-refractivity contribution in [3.63, 3.8) is 0 Å². The van der Waals surface area contributed by atoms with Crippen molar-refractivity contribution in [3.05, 3.63) is 29.3 Å². The number of ketones is 1. The van der Waals surface area contributed by atoms with Crippen molar-refractivity contribution >= 4 is 11.8 Å². The number of halogens is 3. The van der Waals surface area contributed by atoms with E-state index in [9.17, 15) is 22.8 Å². The third-order valence-corrected chi connectivity index (χ3v) is 3.29. The fourth-order valence-electron chi connectivity index (χ4n) is 2.18. The minimum Gasteiger partial charge on any atom is -0.496 e. The normalized spacial score (nSPS) is 21.9. The molecule has 0 spiro atoms. The maximum atomic E-state index is 13.2. The second-order valence-corrected chi connectivity index (χ2v) is 4.43. The van der Waals surface area contributed by atoms with Crippen molar-refractivity contribution in [2.75, 3.05) is 7.11 Å². The Morgan fingerprint density at radius 3 is 2.55 bits per heavy atom. The van der Waals surface area contributed by atoms with Crippen LogP contribution in [0.3, 0.4) is 0 Å². The maximum absolute atomic E-state index is 13.2. The molecule has 1 atom stereocenters. The number of hydrogen-bond acceptors (Lipinski definition) is 4. The van der Waals surface area contributed by atoms with Gasteiger partial charge in [0.1, 0.15) is 5.75 Å². The standard InChI is InChI=1S/C13H11F3O4/c1-7(17)12(13(14,15)16)6-9-8(11(18)20-12)4-3-5-10(9)19-2/h3-5H,6H2,1-2H3. The van der Waals surface area contributed by atoms with E-state index >= 15 is 0 Å². The zero-order valence-corrected chi connectivity index (χ0v) is 10.7. The quantitative estimate of drug-likeness (QED) is 0.784. The molecule has 0 N–H and O–H groups in total. The van der Waals surface area contributed by atoms with Gasteiger partial charge in [-0.1, -0.05) is 6.07 Å². The molecule has 0 saturated heterocycles. The van der Waals surface area contributed by atoms with Crippen LogP contribution >= 0.6 is 0 Å². The van der Waals surface area contributed by atoms with E-state index in [1.165, 1.54) is 25.3 Å². The number of ether oxygens (including phenoxy) is 2. The Hall–Kier alpha value is -2.05. The number of carbonyl (C=O) groups excluding carboxylic acids is 2. The number of cyclic esters (lactones) is 1. The van der Waals surface area contributed by atoms with Crippen LogP contribution in [-0.4, -0.2) is 30.6 Å². The predicted octanol–water partition coefficient (Wildman–Crippen LogP) is 2.30. The van der Waals surface area contributed by atoms with Crippen LogP contribution in [0.2, 0.25) is 0 Å². The third kappa shape index (κ3) is 1.93. The van der Waals surface area contributed by atoms with Crippen LogP contribution in [0.5, 0.6) is 5.75 Å². The van der Waals surface area contributed by atoms with Crippen LogP contribution in [0.25, 0.3) is 0 Å². The molecule has 1 aliphatic heterocycles. The maximum Gasteiger partial charge on any atom is 0.436 e. The van der Waals surface area contributed by atoms with Gasteiger partial charge in [-0.15, -0.1) is 0 Å². The molecule has 0 aliphatic carbocycles. The van der Waals surface area contributed by atoms with Crippen LogP contribution < -0.4 is 4.74 Å². The van der Waals surface area contributed by atoms with Crippen molar-refractivity contribution < 1.29 is 32.2 Å². The lowest BCUT2D eigenvalue weighted by molar-refractivity contribution is -0.250. The molecule has 20 heavy (non-hydrogen) atoms. The summed E-state index contributed by atoms with van der Waals surface area (Å²) in [4.78, 5) is 23.3. The minimum absolute atomic E-state index is 0.0227. The Morgan fingerprint density at radius 2 is 2.05 bits per heavy atom. The first-order valence-electron chi connectivity index (χ1n) is 5.70. The molecule has 0 amide bonds. The largest absolute Gasteiger partial charge is 0.496 e. The number of benzene rings is 1. The van der Waals surface area contributed by atoms with Crippen molar-refractivity contribution in [1.82, 2.24) is 0 Å². The summed E-state index contributed by atoms with van der Waals surface area (Å²) in [6.45, 7) is 0.751. The molecule has 4 nitrogen and oxygen atoms in total. The molecule has 1 unspecified atom stereocenters. The molecular formula is C13H11F3O4. The molecule has 0 bridgehead atoms. The summed E-state index contributed by atoms with van der Waals surface area (Å²) in [5.74, 6) is -2.33. The molecule has 1 heterocycles. The number of esters is 1. The van der Waals surface area contributed by atoms with Crippen molar-refractivity contribution in [1.29, 1.82) is 0 Å². The van der Waals surface area contributed by atoms with Crippen LogP contribution in [0.1, 0.15) is 22.8 Å². The SMILES string of the molecule is COc1cccc2c1CC(C(C)=O)(C(F)(F)F)OC2=O. The smallest absolute Gasteiger partial charge is 0.436 e. The van der Waals surface area contributed by atoms with E-state index in [2.05, 4.69) is 4.74 Å². The Labute approximate surface area is 112 Å². The molecule has 0 radical (unpaired) electrons. The average molecular weight is 288 g/mol. The summed E-state index contributed by atoms with van der Waals surface area (Å²) in [6.07, 6.45) is -5.77. The highest BCUT2D eigenvalue weighted by molar-refractivity contribution is 5.98. The predicted molar refractivity (Wildman–Crippen MR) is 61.6 cm³/mol. The van der Waals surface area contributed by atoms with Crippen LogP contribution in [-0.2, 0) is 16.0 Å². The van der Waals surface area contributed by atoms with Gasteiger partial charge < -0.3 is 9.47 Å². The first-order valence-corrected chi connectivity index (χ1v) is 5.70. The molecule has 0 aromatic heterocycles. The fraction of sp³-hybridized carbons (Fsp3) is 0.385. The molecule has 0 saturated carbocycles. The number of hydrogen-bond donors (Lipinski definition) is 0. The first kappa shape index (κ1) is 14.4. The summed E-state index contributed by atoms with van der Waals surface area (Å²) in [6, 6.07) is 4.23. The summed E-state index contributed by atoms with van der Waals surface area (Å²) in [5.41, 5.74) is -3.14. The van der Waals surface area contributed by atoms with E-state index in [0.717, 1.165) is 6.92 Å². The lowest BCUT2D eigenvalue weighted by Crippen LogP contribution is -2.58. The molecule has 2 rings (SSSR count). The summed E-state index contributed by atoms with van der Waals surface area (Å²) < 4.78 is 49.1. The molecule has 1 aliphatic rings. The zero-order valence-electron chi connectivity index (χ0n) is 10.7. The van der Waals surface area contributed by atoms with E-state index in [4.69, 9.17) is 4.74 Å². The Kier molecular flexibility index (Phi) is 3.23. The van der Waals surface area contributed by atoms with Gasteiger partial charge in [0.05, 0.1) is 12.7 Å². The number of carbonyl (C=O) groups is 2. The van der Waals surface area contributed by atoms with Crippen LogP contribution in [0, 0.1) is 0 Å². The van der Waals surface area contributed by atoms with Gasteiger partial charge in [-0.2, -0.15) is 13.2 Å². The van der Waals surface area contributed by atoms with Gasteiger partial charge in [-0.25, -0.2) is 4.79 Å². The van der Waals surface area contributed by atoms with Crippen molar-refractivity contribution in [3.8, 4) is 5.75 Å². The van der Waals surface area contributed by atoms with E-state index in [1.54, 1.807) is 0 Å². The second kappa shape index (κ2) is 4.50. The molecular weight excluding hydrogens is 277 g/mol. The van der Waals surface area contributed by atoms with Crippen molar-refractivity contribution in [2.45, 2.75) is 25.1 Å². The van der Waals surface area contributed by atoms with Gasteiger partial charge in [-0.05, 0) is 19.1 Å². The van der Waals surface area contributed by atoms with E-state index in [0.29, 0.717) is 0 Å². The van der Waals surface area contributed by atoms with Crippen molar-refractivity contribution in [2.24, 2.45) is 0 Å². The Morgan fingerprint density at radius 1 is 1.40 bits per heavy atom. The highest BCUT2D eigenvalue weighted by Gasteiger charge is 2.64. The lowest BCUT2D eigenvalue weighted by Gasteiger charge is -2.37. The lowest BCUT2D eigenvalue weighted by atomic mass is 9.84. The number of alkyl halides is 3. The van der Waals surface area contributed by atoms with Gasteiger partial charge in [0, 0.05) is 12.0 Å². The molecule has 1 aromatic carbocycles. The van der Waals surface area contributed by atoms with Crippen LogP contribution in [0.4, 0.5) is 13.2 Å². The highest BCUT2D eigenvalue weighted by Crippen LogP contribution is 2.43. The van der Waals surface area contributed by atoms with Gasteiger partial charge in [0.25, 0.3) is 5.60 Å². The third-order valence-electron chi connectivity index (χ3n) is 3.29. The summed E-state index contributed by atoms with van der Waals surface area (Å²) >= 11 is 0. The fourth-order valence-corrected chi connectivity index (χ4v) is 2.18. The zero-order chi connectivity index (χ0) is 15.1. The number of methoxy groups -OCH3 is 1. The number of fused-ring (bicyclic) bond motifs is 1. The molecule has 0 fully saturated rings. The Balaban J connectivity index is 2.64. The molecule has 7 heteroatoms. The monoisotopic (exact) mass is 288 g/mol. The number of Topliss-reactive ketones (excluding diaryl/α,β-unsaturated/α-hetero) is 1. The van der Waals surface area contributed by atoms with Gasteiger partial charge in [0.15, 0.2) is 5.78 Å². The van der Waals surface area contributed by atoms with Gasteiger partial charge in [-0.3, -0.25) is 4.79 Å². The summed E-state index contributed by atoms with van der Waals surface area (Å²) in [5, 5.41) is 0. The Bertz CT molecular complexity index is 579. The van der Waals surface area contributed by atoms with E-state index in [-0.39, 0.29) is 16.9 Å².